The quantitative estimate of drug-likeness (QED) is 0.0944. The van der Waals surface area contributed by atoms with E-state index in [1.165, 1.54) is 0 Å². The fourth-order valence-electron chi connectivity index (χ4n) is 6.72. The van der Waals surface area contributed by atoms with Gasteiger partial charge >= 0.3 is 0 Å². The van der Waals surface area contributed by atoms with Crippen molar-refractivity contribution in [3.8, 4) is 0 Å². The van der Waals surface area contributed by atoms with Gasteiger partial charge in [0.2, 0.25) is 0 Å². The van der Waals surface area contributed by atoms with E-state index in [9.17, 15) is 61.3 Å². The average Bonchev–Trinajstić information content (AvgIpc) is 3.10. The lowest BCUT2D eigenvalue weighted by Crippen LogP contribution is -2.68. The summed E-state index contributed by atoms with van der Waals surface area (Å²) < 4.78 is 46.0. The minimum atomic E-state index is -1.98. The lowest BCUT2D eigenvalue weighted by Gasteiger charge is -2.50. The first-order valence-corrected chi connectivity index (χ1v) is 16.5. The molecule has 5 rings (SSSR count). The molecule has 0 radical (unpaired) electrons. The highest BCUT2D eigenvalue weighted by Crippen LogP contribution is 2.36. The third-order valence-electron chi connectivity index (χ3n) is 9.67. The van der Waals surface area contributed by atoms with Gasteiger partial charge in [0.15, 0.2) is 25.2 Å². The molecule has 5 aliphatic rings. The average molecular weight is 719 g/mol. The summed E-state index contributed by atoms with van der Waals surface area (Å²) in [6.07, 6.45) is -28.4. The number of hydrogen-bond donors (Lipinski definition) is 12. The Hall–Kier alpha value is -0.800. The smallest absolute Gasteiger partial charge is 0.187 e. The lowest BCUT2D eigenvalue weighted by molar-refractivity contribution is -0.403. The Labute approximate surface area is 280 Å². The fraction of sp³-hybridized carbons (Fsp3) is 1.00. The van der Waals surface area contributed by atoms with Crippen molar-refractivity contribution in [2.45, 2.75) is 155 Å². The number of ether oxygens (including phenoxy) is 8. The van der Waals surface area contributed by atoms with Crippen LogP contribution in [0.25, 0.3) is 0 Å². The summed E-state index contributed by atoms with van der Waals surface area (Å²) in [5.74, 6) is 0. The molecule has 0 aromatic heterocycles. The van der Waals surface area contributed by atoms with Gasteiger partial charge in [-0.05, 0) is 12.8 Å². The second kappa shape index (κ2) is 17.4. The summed E-state index contributed by atoms with van der Waals surface area (Å²) in [4.78, 5) is 0. The molecule has 1 saturated carbocycles. The van der Waals surface area contributed by atoms with Crippen molar-refractivity contribution in [2.75, 3.05) is 26.4 Å². The molecule has 0 unspecified atom stereocenters. The third kappa shape index (κ3) is 8.55. The minimum Gasteiger partial charge on any atom is -0.394 e. The van der Waals surface area contributed by atoms with Crippen LogP contribution in [0.1, 0.15) is 32.1 Å². The van der Waals surface area contributed by atoms with Gasteiger partial charge in [-0.15, -0.1) is 0 Å². The van der Waals surface area contributed by atoms with Crippen molar-refractivity contribution in [2.24, 2.45) is 0 Å². The first-order valence-electron chi connectivity index (χ1n) is 16.5. The molecule has 286 valence electrons. The molecule has 0 aromatic rings. The van der Waals surface area contributed by atoms with E-state index in [2.05, 4.69) is 0 Å². The van der Waals surface area contributed by atoms with Gasteiger partial charge in [0.05, 0.1) is 32.5 Å². The molecule has 0 spiro atoms. The zero-order valence-corrected chi connectivity index (χ0v) is 26.5. The predicted octanol–water partition coefficient (Wildman–Crippen LogP) is -6.75. The predicted molar refractivity (Wildman–Crippen MR) is 154 cm³/mol. The van der Waals surface area contributed by atoms with E-state index < -0.39 is 143 Å². The zero-order valence-electron chi connectivity index (χ0n) is 26.5. The molecule has 20 nitrogen and oxygen atoms in total. The summed E-state index contributed by atoms with van der Waals surface area (Å²) in [6.45, 7) is -2.95. The maximum absolute atomic E-state index is 11.2. The fourth-order valence-corrected chi connectivity index (χ4v) is 6.72. The van der Waals surface area contributed by atoms with E-state index in [0.29, 0.717) is 12.8 Å². The molecular formula is C29H50O20. The van der Waals surface area contributed by atoms with Crippen LogP contribution < -0.4 is 0 Å². The number of hydrogen-bond acceptors (Lipinski definition) is 20. The first kappa shape index (κ1) is 39.4. The molecule has 49 heavy (non-hydrogen) atoms. The monoisotopic (exact) mass is 718 g/mol. The van der Waals surface area contributed by atoms with Crippen LogP contribution in [-0.2, 0) is 37.9 Å². The Bertz CT molecular complexity index is 1000. The molecule has 0 aromatic carbocycles. The van der Waals surface area contributed by atoms with Crippen LogP contribution in [-0.4, -0.2) is 211 Å². The molecule has 0 amide bonds. The summed E-state index contributed by atoms with van der Waals surface area (Å²) in [5, 5.41) is 125. The largest absolute Gasteiger partial charge is 0.394 e. The SMILES string of the molecule is OC[C@H]1O[C@@H](O[C@H]2[C@H](O[C@@H]3[C@H](O)[C@@H](O)[C@@H](OC4CCCCC4)O[C@@H]3CO)O[C@H](CO)[C@@H](O)[C@@H]2O[C@@H]2OC[C@@H](O)[C@H](O)[C@H]2O)[C@H](O)[C@@H](O)[C@@H]1O. The molecule has 4 heterocycles. The molecule has 19 atom stereocenters. The van der Waals surface area contributed by atoms with Gasteiger partial charge in [-0.1, -0.05) is 19.3 Å². The topological polar surface area (TPSA) is 317 Å². The van der Waals surface area contributed by atoms with Gasteiger partial charge in [-0.25, -0.2) is 0 Å². The van der Waals surface area contributed by atoms with Gasteiger partial charge in [0.25, 0.3) is 0 Å². The van der Waals surface area contributed by atoms with Crippen LogP contribution in [0.15, 0.2) is 0 Å². The minimum absolute atomic E-state index is 0.253. The molecule has 4 aliphatic heterocycles. The zero-order chi connectivity index (χ0) is 35.6. The Morgan fingerprint density at radius 2 is 0.939 bits per heavy atom. The highest BCUT2D eigenvalue weighted by Gasteiger charge is 2.56. The summed E-state index contributed by atoms with van der Waals surface area (Å²) >= 11 is 0. The van der Waals surface area contributed by atoms with Gasteiger partial charge in [0, 0.05) is 0 Å². The Morgan fingerprint density at radius 1 is 0.429 bits per heavy atom. The van der Waals surface area contributed by atoms with Crippen molar-refractivity contribution in [1.29, 1.82) is 0 Å². The molecule has 5 fully saturated rings. The van der Waals surface area contributed by atoms with E-state index in [1.807, 2.05) is 0 Å². The van der Waals surface area contributed by atoms with E-state index in [-0.39, 0.29) is 6.10 Å². The summed E-state index contributed by atoms with van der Waals surface area (Å²) in [6, 6.07) is 0. The van der Waals surface area contributed by atoms with Crippen molar-refractivity contribution in [1.82, 2.24) is 0 Å². The van der Waals surface area contributed by atoms with Gasteiger partial charge in [-0.2, -0.15) is 0 Å². The Balaban J connectivity index is 1.42. The van der Waals surface area contributed by atoms with E-state index in [4.69, 9.17) is 37.9 Å². The van der Waals surface area contributed by atoms with Crippen LogP contribution in [0, 0.1) is 0 Å². The molecule has 0 bridgehead atoms. The summed E-state index contributed by atoms with van der Waals surface area (Å²) in [7, 11) is 0. The molecule has 1 aliphatic carbocycles. The van der Waals surface area contributed by atoms with E-state index in [0.717, 1.165) is 19.3 Å². The maximum Gasteiger partial charge on any atom is 0.187 e. The molecule has 20 heteroatoms. The van der Waals surface area contributed by atoms with Crippen LogP contribution >= 0.6 is 0 Å². The lowest BCUT2D eigenvalue weighted by atomic mass is 9.95. The normalized spacial score (nSPS) is 50.3. The maximum atomic E-state index is 11.2. The van der Waals surface area contributed by atoms with E-state index in [1.54, 1.807) is 0 Å². The van der Waals surface area contributed by atoms with Crippen LogP contribution in [0.3, 0.4) is 0 Å². The highest BCUT2D eigenvalue weighted by molar-refractivity contribution is 4.98. The number of aliphatic hydroxyl groups excluding tert-OH is 12. The Morgan fingerprint density at radius 3 is 1.59 bits per heavy atom. The first-order chi connectivity index (χ1) is 23.4. The highest BCUT2D eigenvalue weighted by atomic mass is 16.8. The number of rotatable bonds is 11. The van der Waals surface area contributed by atoms with Crippen molar-refractivity contribution in [3.05, 3.63) is 0 Å². The van der Waals surface area contributed by atoms with Crippen molar-refractivity contribution in [3.63, 3.8) is 0 Å². The van der Waals surface area contributed by atoms with Gasteiger partial charge in [-0.3, -0.25) is 0 Å². The van der Waals surface area contributed by atoms with Crippen LogP contribution in [0.5, 0.6) is 0 Å². The molecule has 12 N–H and O–H groups in total. The standard InChI is InChI=1S/C29H50O20/c30-6-12-16(35)18(37)21(40)28(44-12)49-25-24(48-26-20(39)15(34)11(33)9-42-26)17(36)13(7-31)45-29(25)47-23-14(8-32)46-27(22(41)19(23)38)43-10-4-2-1-3-5-10/h10-41H,1-9H2/t11-,12-,13-,14-,15+,16-,17-,18+,19-,20-,21-,22-,23+,24+,25-,26+,27+,28+,29+/m1/s1. The van der Waals surface area contributed by atoms with Gasteiger partial charge in [0.1, 0.15) is 91.6 Å². The third-order valence-corrected chi connectivity index (χ3v) is 9.67. The summed E-state index contributed by atoms with van der Waals surface area (Å²) in [5.41, 5.74) is 0. The second-order valence-electron chi connectivity index (χ2n) is 13.1. The van der Waals surface area contributed by atoms with Crippen molar-refractivity contribution < 1.29 is 99.2 Å². The molecule has 4 saturated heterocycles. The van der Waals surface area contributed by atoms with Gasteiger partial charge < -0.3 is 99.2 Å². The number of aliphatic hydroxyl groups is 12. The van der Waals surface area contributed by atoms with Crippen molar-refractivity contribution >= 4 is 0 Å². The second-order valence-corrected chi connectivity index (χ2v) is 13.1. The van der Waals surface area contributed by atoms with Crippen LogP contribution in [0.4, 0.5) is 0 Å². The van der Waals surface area contributed by atoms with Crippen LogP contribution in [0.2, 0.25) is 0 Å². The Kier molecular flexibility index (Phi) is 14.0. The molecular weight excluding hydrogens is 668 g/mol. The van der Waals surface area contributed by atoms with E-state index >= 15 is 0 Å².